The lowest BCUT2D eigenvalue weighted by molar-refractivity contribution is 0.0526. The van der Waals surface area contributed by atoms with Gasteiger partial charge in [0.25, 0.3) is 0 Å². The van der Waals surface area contributed by atoms with Crippen molar-refractivity contribution in [1.29, 1.82) is 0 Å². The Bertz CT molecular complexity index is 675. The Morgan fingerprint density at radius 3 is 2.89 bits per heavy atom. The quantitative estimate of drug-likeness (QED) is 0.762. The normalized spacial score (nSPS) is 10.8. The van der Waals surface area contributed by atoms with Crippen LogP contribution in [0.3, 0.4) is 0 Å². The standard InChI is InChI=1S/C13H10BrClFNO2/c1-3-19-13(18)7-5-17-12-6(2)4-8(14)11(16)9(12)10(7)15/h4-5H,3H2,1-2H3. The summed E-state index contributed by atoms with van der Waals surface area (Å²) in [6, 6.07) is 1.62. The van der Waals surface area contributed by atoms with Crippen molar-refractivity contribution in [3.8, 4) is 0 Å². The maximum atomic E-state index is 14.1. The van der Waals surface area contributed by atoms with E-state index in [4.69, 9.17) is 16.3 Å². The molecule has 0 amide bonds. The molecule has 0 spiro atoms. The fourth-order valence-electron chi connectivity index (χ4n) is 1.78. The molecule has 0 atom stereocenters. The summed E-state index contributed by atoms with van der Waals surface area (Å²) in [5.74, 6) is -1.15. The van der Waals surface area contributed by atoms with Gasteiger partial charge in [0, 0.05) is 6.20 Å². The number of ether oxygens (including phenoxy) is 1. The molecule has 0 bridgehead atoms. The number of carbonyl (C=O) groups is 1. The summed E-state index contributed by atoms with van der Waals surface area (Å²) in [7, 11) is 0. The maximum Gasteiger partial charge on any atom is 0.341 e. The van der Waals surface area contributed by atoms with Gasteiger partial charge in [-0.3, -0.25) is 4.98 Å². The van der Waals surface area contributed by atoms with Crippen molar-refractivity contribution in [1.82, 2.24) is 4.98 Å². The molecule has 1 aromatic heterocycles. The molecular weight excluding hydrogens is 337 g/mol. The molecule has 0 N–H and O–H groups in total. The molecule has 0 aliphatic heterocycles. The second-order valence-corrected chi connectivity index (χ2v) is 5.15. The van der Waals surface area contributed by atoms with E-state index in [-0.39, 0.29) is 27.1 Å². The lowest BCUT2D eigenvalue weighted by Gasteiger charge is -2.10. The molecule has 3 nitrogen and oxygen atoms in total. The van der Waals surface area contributed by atoms with Crippen LogP contribution in [0.25, 0.3) is 10.9 Å². The molecule has 0 saturated carbocycles. The van der Waals surface area contributed by atoms with E-state index in [1.165, 1.54) is 6.20 Å². The van der Waals surface area contributed by atoms with E-state index >= 15 is 0 Å². The van der Waals surface area contributed by atoms with Crippen LogP contribution in [0.1, 0.15) is 22.8 Å². The summed E-state index contributed by atoms with van der Waals surface area (Å²) >= 11 is 9.24. The minimum atomic E-state index is -0.612. The first-order valence-electron chi connectivity index (χ1n) is 5.57. The van der Waals surface area contributed by atoms with Gasteiger partial charge < -0.3 is 4.74 Å². The monoisotopic (exact) mass is 345 g/mol. The average molecular weight is 347 g/mol. The van der Waals surface area contributed by atoms with Gasteiger partial charge in [0.2, 0.25) is 0 Å². The molecule has 1 heterocycles. The topological polar surface area (TPSA) is 39.2 Å². The molecule has 0 unspecified atom stereocenters. The largest absolute Gasteiger partial charge is 0.462 e. The van der Waals surface area contributed by atoms with Gasteiger partial charge in [0.1, 0.15) is 5.82 Å². The van der Waals surface area contributed by atoms with E-state index in [0.717, 1.165) is 5.56 Å². The first-order chi connectivity index (χ1) is 8.97. The first-order valence-corrected chi connectivity index (χ1v) is 6.74. The number of benzene rings is 1. The van der Waals surface area contributed by atoms with Crippen molar-refractivity contribution in [2.75, 3.05) is 6.61 Å². The fourth-order valence-corrected chi connectivity index (χ4v) is 2.62. The van der Waals surface area contributed by atoms with Crippen molar-refractivity contribution >= 4 is 44.4 Å². The number of esters is 1. The third kappa shape index (κ3) is 2.44. The highest BCUT2D eigenvalue weighted by atomic mass is 79.9. The molecule has 2 aromatic rings. The van der Waals surface area contributed by atoms with E-state index in [0.29, 0.717) is 5.52 Å². The molecule has 0 fully saturated rings. The van der Waals surface area contributed by atoms with Crippen molar-refractivity contribution in [2.24, 2.45) is 0 Å². The predicted octanol–water partition coefficient (Wildman–Crippen LogP) is 4.27. The van der Waals surface area contributed by atoms with Gasteiger partial charge in [-0.2, -0.15) is 0 Å². The number of hydrogen-bond acceptors (Lipinski definition) is 3. The van der Waals surface area contributed by atoms with Crippen molar-refractivity contribution in [3.63, 3.8) is 0 Å². The van der Waals surface area contributed by atoms with Crippen LogP contribution in [0.4, 0.5) is 4.39 Å². The van der Waals surface area contributed by atoms with Crippen LogP contribution in [-0.2, 0) is 4.74 Å². The number of aryl methyl sites for hydroxylation is 1. The number of hydrogen-bond donors (Lipinski definition) is 0. The smallest absolute Gasteiger partial charge is 0.341 e. The van der Waals surface area contributed by atoms with Crippen LogP contribution >= 0.6 is 27.5 Å². The highest BCUT2D eigenvalue weighted by molar-refractivity contribution is 9.10. The van der Waals surface area contributed by atoms with E-state index in [2.05, 4.69) is 20.9 Å². The summed E-state index contributed by atoms with van der Waals surface area (Å²) in [5.41, 5.74) is 1.26. The summed E-state index contributed by atoms with van der Waals surface area (Å²) in [4.78, 5) is 15.8. The Labute approximate surface area is 122 Å². The van der Waals surface area contributed by atoms with E-state index in [9.17, 15) is 9.18 Å². The minimum absolute atomic E-state index is 0.0188. The molecule has 100 valence electrons. The fraction of sp³-hybridized carbons (Fsp3) is 0.231. The van der Waals surface area contributed by atoms with Gasteiger partial charge in [0.05, 0.1) is 32.6 Å². The number of pyridine rings is 1. The van der Waals surface area contributed by atoms with E-state index < -0.39 is 11.8 Å². The van der Waals surface area contributed by atoms with Gasteiger partial charge in [0.15, 0.2) is 0 Å². The zero-order chi connectivity index (χ0) is 14.2. The summed E-state index contributed by atoms with van der Waals surface area (Å²) in [6.07, 6.45) is 1.31. The highest BCUT2D eigenvalue weighted by Gasteiger charge is 2.20. The Hall–Kier alpha value is -1.20. The third-order valence-electron chi connectivity index (χ3n) is 2.66. The summed E-state index contributed by atoms with van der Waals surface area (Å²) in [5, 5.41) is 0.143. The van der Waals surface area contributed by atoms with Crippen LogP contribution < -0.4 is 0 Å². The van der Waals surface area contributed by atoms with Crippen LogP contribution in [0.5, 0.6) is 0 Å². The Balaban J connectivity index is 2.77. The molecule has 2 rings (SSSR count). The number of fused-ring (bicyclic) bond motifs is 1. The van der Waals surface area contributed by atoms with E-state index in [1.807, 2.05) is 0 Å². The van der Waals surface area contributed by atoms with Crippen molar-refractivity contribution < 1.29 is 13.9 Å². The molecular formula is C13H10BrClFNO2. The second-order valence-electron chi connectivity index (χ2n) is 3.92. The molecule has 1 aromatic carbocycles. The minimum Gasteiger partial charge on any atom is -0.462 e. The Morgan fingerprint density at radius 2 is 2.26 bits per heavy atom. The zero-order valence-corrected chi connectivity index (χ0v) is 12.6. The summed E-state index contributed by atoms with van der Waals surface area (Å²) < 4.78 is 19.3. The van der Waals surface area contributed by atoms with Gasteiger partial charge >= 0.3 is 5.97 Å². The van der Waals surface area contributed by atoms with Crippen LogP contribution in [0, 0.1) is 12.7 Å². The van der Waals surface area contributed by atoms with Gasteiger partial charge in [-0.05, 0) is 41.4 Å². The number of aromatic nitrogens is 1. The van der Waals surface area contributed by atoms with Gasteiger partial charge in [-0.25, -0.2) is 9.18 Å². The van der Waals surface area contributed by atoms with Gasteiger partial charge in [-0.1, -0.05) is 11.6 Å². The van der Waals surface area contributed by atoms with Crippen LogP contribution in [0.15, 0.2) is 16.7 Å². The van der Waals surface area contributed by atoms with Gasteiger partial charge in [-0.15, -0.1) is 0 Å². The maximum absolute atomic E-state index is 14.1. The lowest BCUT2D eigenvalue weighted by Crippen LogP contribution is -2.07. The highest BCUT2D eigenvalue weighted by Crippen LogP contribution is 2.34. The van der Waals surface area contributed by atoms with Crippen molar-refractivity contribution in [3.05, 3.63) is 38.7 Å². The number of halogens is 3. The van der Waals surface area contributed by atoms with Crippen molar-refractivity contribution in [2.45, 2.75) is 13.8 Å². The molecule has 0 radical (unpaired) electrons. The number of carbonyl (C=O) groups excluding carboxylic acids is 1. The van der Waals surface area contributed by atoms with Crippen LogP contribution in [-0.4, -0.2) is 17.6 Å². The molecule has 0 aliphatic carbocycles. The number of rotatable bonds is 2. The SMILES string of the molecule is CCOC(=O)c1cnc2c(C)cc(Br)c(F)c2c1Cl. The lowest BCUT2D eigenvalue weighted by atomic mass is 10.1. The predicted molar refractivity (Wildman–Crippen MR) is 75.1 cm³/mol. The molecule has 0 saturated heterocycles. The third-order valence-corrected chi connectivity index (χ3v) is 3.63. The Morgan fingerprint density at radius 1 is 1.58 bits per heavy atom. The Kier molecular flexibility index (Phi) is 4.06. The number of nitrogens with zero attached hydrogens (tertiary/aromatic N) is 1. The summed E-state index contributed by atoms with van der Waals surface area (Å²) in [6.45, 7) is 3.69. The molecule has 6 heteroatoms. The average Bonchev–Trinajstić information content (AvgIpc) is 2.36. The van der Waals surface area contributed by atoms with E-state index in [1.54, 1.807) is 19.9 Å². The molecule has 0 aliphatic rings. The first kappa shape index (κ1) is 14.2. The zero-order valence-electron chi connectivity index (χ0n) is 10.3. The second kappa shape index (κ2) is 5.43. The molecule has 19 heavy (non-hydrogen) atoms. The van der Waals surface area contributed by atoms with Crippen LogP contribution in [0.2, 0.25) is 5.02 Å².